The molecule has 9 heteroatoms. The smallest absolute Gasteiger partial charge is 0.462 e. The Morgan fingerprint density at radius 1 is 0.675 bits per heavy atom. The predicted octanol–water partition coefficient (Wildman–Crippen LogP) is 7.61. The molecule has 0 saturated carbocycles. The molecular weight excluding hydrogens is 531 g/mol. The van der Waals surface area contributed by atoms with Crippen molar-refractivity contribution in [2.24, 2.45) is 0 Å². The summed E-state index contributed by atoms with van der Waals surface area (Å²) in [4.78, 5) is 41.8. The van der Waals surface area contributed by atoms with Crippen LogP contribution in [0, 0.1) is 0 Å². The molecule has 0 aromatic rings. The summed E-state index contributed by atoms with van der Waals surface area (Å²) in [6.45, 7) is 3.25. The lowest BCUT2D eigenvalue weighted by molar-refractivity contribution is -0.161. The highest BCUT2D eigenvalue weighted by molar-refractivity contribution is 7.46. The molecule has 0 aliphatic carbocycles. The lowest BCUT2D eigenvalue weighted by Gasteiger charge is -2.18. The number of carbonyl (C=O) groups is 2. The van der Waals surface area contributed by atoms with Gasteiger partial charge in [-0.25, -0.2) is 4.57 Å². The summed E-state index contributed by atoms with van der Waals surface area (Å²) in [5.74, 6) is -1.02. The molecular formula is C31H49O8P. The van der Waals surface area contributed by atoms with Gasteiger partial charge in [0.15, 0.2) is 6.10 Å². The van der Waals surface area contributed by atoms with E-state index in [0.29, 0.717) is 12.8 Å². The van der Waals surface area contributed by atoms with E-state index in [9.17, 15) is 14.2 Å². The van der Waals surface area contributed by atoms with Gasteiger partial charge in [0.2, 0.25) is 0 Å². The molecule has 226 valence electrons. The standard InChI is InChI=1S/C31H49O8P/c1-3-5-7-8-9-10-11-12-13-14-15-16-17-18-19-20-21-22-24-26-31(33)39-29(28-38-40(34,35)36)27-37-30(32)25-23-6-4-2/h5,7,9-10,12-13,15-16,18-19,21-22,29H,3-4,6,8,11,14,17,20,23-28H2,1-2H3,(H2,34,35,36)/b7-5-,10-9-,13-12-,16-15-,19-18-,22-21-. The van der Waals surface area contributed by atoms with Crippen LogP contribution in [0.25, 0.3) is 0 Å². The summed E-state index contributed by atoms with van der Waals surface area (Å²) in [5.41, 5.74) is 0. The van der Waals surface area contributed by atoms with E-state index in [2.05, 4.69) is 72.2 Å². The normalized spacial score (nSPS) is 13.6. The van der Waals surface area contributed by atoms with E-state index in [-0.39, 0.29) is 19.4 Å². The Bertz CT molecular complexity index is 880. The fourth-order valence-electron chi connectivity index (χ4n) is 3.16. The van der Waals surface area contributed by atoms with E-state index in [1.165, 1.54) is 0 Å². The second kappa shape index (κ2) is 26.7. The van der Waals surface area contributed by atoms with Crippen molar-refractivity contribution in [3.05, 3.63) is 72.9 Å². The molecule has 0 rings (SSSR count). The van der Waals surface area contributed by atoms with Crippen LogP contribution in [0.4, 0.5) is 0 Å². The topological polar surface area (TPSA) is 119 Å². The fraction of sp³-hybridized carbons (Fsp3) is 0.548. The Hall–Kier alpha value is -2.51. The van der Waals surface area contributed by atoms with Gasteiger partial charge in [0.05, 0.1) is 6.61 Å². The van der Waals surface area contributed by atoms with Crippen molar-refractivity contribution >= 4 is 19.8 Å². The van der Waals surface area contributed by atoms with Gasteiger partial charge in [-0.1, -0.05) is 99.6 Å². The Morgan fingerprint density at radius 2 is 1.18 bits per heavy atom. The first-order valence-electron chi connectivity index (χ1n) is 14.2. The number of unbranched alkanes of at least 4 members (excludes halogenated alkanes) is 2. The van der Waals surface area contributed by atoms with Gasteiger partial charge >= 0.3 is 19.8 Å². The van der Waals surface area contributed by atoms with Crippen molar-refractivity contribution in [1.82, 2.24) is 0 Å². The van der Waals surface area contributed by atoms with E-state index in [1.54, 1.807) is 0 Å². The van der Waals surface area contributed by atoms with Crippen molar-refractivity contribution in [3.63, 3.8) is 0 Å². The van der Waals surface area contributed by atoms with E-state index < -0.39 is 32.5 Å². The summed E-state index contributed by atoms with van der Waals surface area (Å²) in [5, 5.41) is 0. The van der Waals surface area contributed by atoms with Gasteiger partial charge in [-0.3, -0.25) is 14.1 Å². The highest BCUT2D eigenvalue weighted by Gasteiger charge is 2.22. The molecule has 0 radical (unpaired) electrons. The van der Waals surface area contributed by atoms with E-state index in [1.807, 2.05) is 19.1 Å². The molecule has 2 N–H and O–H groups in total. The zero-order valence-corrected chi connectivity index (χ0v) is 25.1. The van der Waals surface area contributed by atoms with Crippen LogP contribution in [0.3, 0.4) is 0 Å². The molecule has 0 fully saturated rings. The van der Waals surface area contributed by atoms with Gasteiger partial charge in [0.25, 0.3) is 0 Å². The molecule has 0 saturated heterocycles. The van der Waals surface area contributed by atoms with E-state index in [0.717, 1.165) is 51.4 Å². The first kappa shape index (κ1) is 37.5. The number of esters is 2. The van der Waals surface area contributed by atoms with Crippen molar-refractivity contribution in [2.75, 3.05) is 13.2 Å². The maximum Gasteiger partial charge on any atom is 0.469 e. The molecule has 40 heavy (non-hydrogen) atoms. The van der Waals surface area contributed by atoms with Crippen LogP contribution in [-0.2, 0) is 28.2 Å². The van der Waals surface area contributed by atoms with Crippen LogP contribution in [0.15, 0.2) is 72.9 Å². The van der Waals surface area contributed by atoms with Gasteiger partial charge in [-0.05, 0) is 51.4 Å². The van der Waals surface area contributed by atoms with Crippen LogP contribution >= 0.6 is 7.82 Å². The number of rotatable bonds is 24. The molecule has 0 amide bonds. The third kappa shape index (κ3) is 28.5. The highest BCUT2D eigenvalue weighted by Crippen LogP contribution is 2.35. The second-order valence-electron chi connectivity index (χ2n) is 8.99. The maximum absolute atomic E-state index is 12.1. The number of phosphoric ester groups is 1. The molecule has 0 aromatic heterocycles. The maximum atomic E-state index is 12.1. The lowest BCUT2D eigenvalue weighted by atomic mass is 10.2. The van der Waals surface area contributed by atoms with Crippen LogP contribution in [-0.4, -0.2) is 41.0 Å². The fourth-order valence-corrected chi connectivity index (χ4v) is 3.52. The van der Waals surface area contributed by atoms with E-state index in [4.69, 9.17) is 19.3 Å². The Balaban J connectivity index is 4.14. The van der Waals surface area contributed by atoms with Crippen LogP contribution < -0.4 is 0 Å². The number of hydrogen-bond donors (Lipinski definition) is 2. The summed E-state index contributed by atoms with van der Waals surface area (Å²) >= 11 is 0. The van der Waals surface area contributed by atoms with Gasteiger partial charge in [-0.15, -0.1) is 0 Å². The Kier molecular flexibility index (Phi) is 25.0. The minimum absolute atomic E-state index is 0.0824. The number of phosphoric acid groups is 1. The minimum Gasteiger partial charge on any atom is -0.462 e. The van der Waals surface area contributed by atoms with Crippen LogP contribution in [0.5, 0.6) is 0 Å². The summed E-state index contributed by atoms with van der Waals surface area (Å²) in [7, 11) is -4.75. The third-order valence-electron chi connectivity index (χ3n) is 5.25. The molecule has 0 bridgehead atoms. The zero-order valence-electron chi connectivity index (χ0n) is 24.2. The number of allylic oxidation sites excluding steroid dienone is 12. The van der Waals surface area contributed by atoms with Crippen molar-refractivity contribution in [3.8, 4) is 0 Å². The average molecular weight is 581 g/mol. The first-order valence-corrected chi connectivity index (χ1v) is 15.8. The molecule has 8 nitrogen and oxygen atoms in total. The van der Waals surface area contributed by atoms with Crippen molar-refractivity contribution in [1.29, 1.82) is 0 Å². The molecule has 0 aromatic carbocycles. The molecule has 0 aliphatic heterocycles. The highest BCUT2D eigenvalue weighted by atomic mass is 31.2. The van der Waals surface area contributed by atoms with Gasteiger partial charge in [0, 0.05) is 12.8 Å². The Labute approximate surface area is 240 Å². The third-order valence-corrected chi connectivity index (χ3v) is 5.74. The molecule has 1 atom stereocenters. The molecule has 1 unspecified atom stereocenters. The first-order chi connectivity index (χ1) is 19.3. The zero-order chi connectivity index (χ0) is 29.7. The monoisotopic (exact) mass is 580 g/mol. The number of carbonyl (C=O) groups excluding carboxylic acids is 2. The molecule has 0 heterocycles. The van der Waals surface area contributed by atoms with Crippen LogP contribution in [0.2, 0.25) is 0 Å². The summed E-state index contributed by atoms with van der Waals surface area (Å²) in [6, 6.07) is 0. The van der Waals surface area contributed by atoms with Gasteiger partial charge < -0.3 is 19.3 Å². The summed E-state index contributed by atoms with van der Waals surface area (Å²) in [6.07, 6.45) is 33.0. The van der Waals surface area contributed by atoms with E-state index >= 15 is 0 Å². The predicted molar refractivity (Wildman–Crippen MR) is 160 cm³/mol. The molecule has 0 aliphatic rings. The van der Waals surface area contributed by atoms with Crippen molar-refractivity contribution < 1.29 is 37.9 Å². The quantitative estimate of drug-likeness (QED) is 0.0518. The van der Waals surface area contributed by atoms with Crippen LogP contribution in [0.1, 0.15) is 90.9 Å². The summed E-state index contributed by atoms with van der Waals surface area (Å²) < 4.78 is 25.7. The number of hydrogen-bond acceptors (Lipinski definition) is 6. The Morgan fingerprint density at radius 3 is 1.65 bits per heavy atom. The SMILES string of the molecule is CC/C=C\C/C=C\C/C=C\C/C=C\C/C=C\C/C=C\CCC(=O)OC(COC(=O)CCCCC)COP(=O)(O)O. The largest absolute Gasteiger partial charge is 0.469 e. The molecule has 0 spiro atoms. The van der Waals surface area contributed by atoms with Crippen molar-refractivity contribution in [2.45, 2.75) is 97.0 Å². The minimum atomic E-state index is -4.75. The van der Waals surface area contributed by atoms with Gasteiger partial charge in [-0.2, -0.15) is 0 Å². The average Bonchev–Trinajstić information content (AvgIpc) is 2.91. The van der Waals surface area contributed by atoms with Gasteiger partial charge in [0.1, 0.15) is 6.61 Å². The lowest BCUT2D eigenvalue weighted by Crippen LogP contribution is -2.29. The number of ether oxygens (including phenoxy) is 2. The second-order valence-corrected chi connectivity index (χ2v) is 10.2.